The Morgan fingerprint density at radius 1 is 1.22 bits per heavy atom. The summed E-state index contributed by atoms with van der Waals surface area (Å²) in [7, 11) is 0. The molecule has 2 saturated heterocycles. The van der Waals surface area contributed by atoms with Crippen LogP contribution in [0.25, 0.3) is 0 Å². The van der Waals surface area contributed by atoms with Crippen LogP contribution in [0.2, 0.25) is 0 Å². The summed E-state index contributed by atoms with van der Waals surface area (Å²) in [4.78, 5) is 16.9. The summed E-state index contributed by atoms with van der Waals surface area (Å²) >= 11 is 3.34. The zero-order valence-corrected chi connectivity index (χ0v) is 14.7. The molecular weight excluding hydrogens is 363 g/mol. The van der Waals surface area contributed by atoms with Crippen molar-refractivity contribution in [3.05, 3.63) is 34.1 Å². The number of amides is 1. The van der Waals surface area contributed by atoms with E-state index >= 15 is 0 Å². The first-order valence-electron chi connectivity index (χ1n) is 8.18. The van der Waals surface area contributed by atoms with Crippen molar-refractivity contribution in [2.24, 2.45) is 5.92 Å². The van der Waals surface area contributed by atoms with Crippen molar-refractivity contribution < 1.29 is 13.9 Å². The van der Waals surface area contributed by atoms with E-state index < -0.39 is 0 Å². The fourth-order valence-electron chi connectivity index (χ4n) is 3.30. The van der Waals surface area contributed by atoms with Crippen molar-refractivity contribution in [1.82, 2.24) is 9.80 Å². The number of morpholine rings is 1. The highest BCUT2D eigenvalue weighted by atomic mass is 79.9. The Morgan fingerprint density at radius 3 is 2.61 bits per heavy atom. The Kier molecular flexibility index (Phi) is 5.67. The summed E-state index contributed by atoms with van der Waals surface area (Å²) in [5, 5.41) is 0. The van der Waals surface area contributed by atoms with E-state index in [0.717, 1.165) is 58.8 Å². The number of hydrogen-bond acceptors (Lipinski definition) is 3. The van der Waals surface area contributed by atoms with Gasteiger partial charge in [-0.25, -0.2) is 4.39 Å². The normalized spacial score (nSPS) is 20.7. The number of carbonyl (C=O) groups excluding carboxylic acids is 1. The molecule has 2 aliphatic heterocycles. The van der Waals surface area contributed by atoms with Crippen molar-refractivity contribution in [2.45, 2.75) is 12.8 Å². The van der Waals surface area contributed by atoms with Crippen LogP contribution < -0.4 is 0 Å². The molecule has 0 bridgehead atoms. The van der Waals surface area contributed by atoms with Crippen molar-refractivity contribution in [1.29, 1.82) is 0 Å². The molecule has 0 spiro atoms. The van der Waals surface area contributed by atoms with Gasteiger partial charge < -0.3 is 9.64 Å². The Bertz CT molecular complexity index is 556. The zero-order valence-electron chi connectivity index (χ0n) is 13.1. The van der Waals surface area contributed by atoms with Crippen molar-refractivity contribution in [3.63, 3.8) is 0 Å². The van der Waals surface area contributed by atoms with Gasteiger partial charge in [0.05, 0.1) is 18.8 Å². The molecular formula is C17H22BrFN2O2. The molecule has 3 rings (SSSR count). The predicted molar refractivity (Wildman–Crippen MR) is 90.0 cm³/mol. The summed E-state index contributed by atoms with van der Waals surface area (Å²) in [5.41, 5.74) is 0.414. The minimum Gasteiger partial charge on any atom is -0.379 e. The molecule has 1 amide bonds. The second-order valence-corrected chi connectivity index (χ2v) is 7.13. The van der Waals surface area contributed by atoms with E-state index in [-0.39, 0.29) is 11.7 Å². The monoisotopic (exact) mass is 384 g/mol. The highest BCUT2D eigenvalue weighted by Gasteiger charge is 2.26. The first-order valence-corrected chi connectivity index (χ1v) is 8.97. The highest BCUT2D eigenvalue weighted by Crippen LogP contribution is 2.24. The zero-order chi connectivity index (χ0) is 16.2. The lowest BCUT2D eigenvalue weighted by molar-refractivity contribution is 0.0242. The number of hydrogen-bond donors (Lipinski definition) is 0. The molecule has 6 heteroatoms. The number of ether oxygens (including phenoxy) is 1. The molecule has 0 aromatic heterocycles. The first-order chi connectivity index (χ1) is 11.1. The van der Waals surface area contributed by atoms with Gasteiger partial charge in [0.2, 0.25) is 0 Å². The van der Waals surface area contributed by atoms with Gasteiger partial charge >= 0.3 is 0 Å². The van der Waals surface area contributed by atoms with Crippen LogP contribution in [0.15, 0.2) is 22.7 Å². The molecule has 0 atom stereocenters. The number of halogens is 2. The number of benzene rings is 1. The first kappa shape index (κ1) is 16.9. The minimum absolute atomic E-state index is 0.0822. The Balaban J connectivity index is 1.53. The third kappa shape index (κ3) is 4.31. The SMILES string of the molecule is O=C(c1cc(F)ccc1Br)N1CCC(CN2CCOCC2)CC1. The molecule has 0 radical (unpaired) electrons. The summed E-state index contributed by atoms with van der Waals surface area (Å²) in [5.74, 6) is 0.174. The van der Waals surface area contributed by atoms with Crippen LogP contribution >= 0.6 is 15.9 Å². The molecule has 0 N–H and O–H groups in total. The molecule has 0 aliphatic carbocycles. The van der Waals surface area contributed by atoms with Crippen molar-refractivity contribution >= 4 is 21.8 Å². The fraction of sp³-hybridized carbons (Fsp3) is 0.588. The van der Waals surface area contributed by atoms with Crippen LogP contribution in [0.3, 0.4) is 0 Å². The Labute approximate surface area is 144 Å². The smallest absolute Gasteiger partial charge is 0.255 e. The third-order valence-electron chi connectivity index (χ3n) is 4.68. The molecule has 126 valence electrons. The summed E-state index contributed by atoms with van der Waals surface area (Å²) < 4.78 is 19.4. The quantitative estimate of drug-likeness (QED) is 0.802. The largest absolute Gasteiger partial charge is 0.379 e. The summed E-state index contributed by atoms with van der Waals surface area (Å²) in [6.07, 6.45) is 2.02. The summed E-state index contributed by atoms with van der Waals surface area (Å²) in [6.45, 7) is 6.25. The fourth-order valence-corrected chi connectivity index (χ4v) is 3.72. The Hall–Kier alpha value is -0.980. The maximum atomic E-state index is 13.4. The average molecular weight is 385 g/mol. The number of rotatable bonds is 3. The Morgan fingerprint density at radius 2 is 1.91 bits per heavy atom. The molecule has 4 nitrogen and oxygen atoms in total. The van der Waals surface area contributed by atoms with E-state index in [1.54, 1.807) is 6.07 Å². The van der Waals surface area contributed by atoms with Crippen LogP contribution in [-0.4, -0.2) is 61.6 Å². The lowest BCUT2D eigenvalue weighted by Crippen LogP contribution is -2.44. The third-order valence-corrected chi connectivity index (χ3v) is 5.37. The van der Waals surface area contributed by atoms with Crippen molar-refractivity contribution in [2.75, 3.05) is 45.9 Å². The van der Waals surface area contributed by atoms with Crippen molar-refractivity contribution in [3.8, 4) is 0 Å². The van der Waals surface area contributed by atoms with E-state index in [4.69, 9.17) is 4.74 Å². The van der Waals surface area contributed by atoms with Gasteiger partial charge in [0.15, 0.2) is 0 Å². The molecule has 2 heterocycles. The van der Waals surface area contributed by atoms with Crippen LogP contribution in [0.5, 0.6) is 0 Å². The molecule has 2 aliphatic rings. The second-order valence-electron chi connectivity index (χ2n) is 6.27. The summed E-state index contributed by atoms with van der Waals surface area (Å²) in [6, 6.07) is 4.26. The van der Waals surface area contributed by atoms with Gasteiger partial charge in [0.25, 0.3) is 5.91 Å². The highest BCUT2D eigenvalue weighted by molar-refractivity contribution is 9.10. The number of piperidine rings is 1. The number of likely N-dealkylation sites (tertiary alicyclic amines) is 1. The maximum absolute atomic E-state index is 13.4. The van der Waals surface area contributed by atoms with Crippen LogP contribution in [0, 0.1) is 11.7 Å². The van der Waals surface area contributed by atoms with E-state index in [1.807, 2.05) is 4.90 Å². The van der Waals surface area contributed by atoms with Gasteiger partial charge in [-0.15, -0.1) is 0 Å². The van der Waals surface area contributed by atoms with Gasteiger partial charge in [0.1, 0.15) is 5.82 Å². The lowest BCUT2D eigenvalue weighted by atomic mass is 9.95. The molecule has 0 unspecified atom stereocenters. The van der Waals surface area contributed by atoms with Crippen LogP contribution in [0.4, 0.5) is 4.39 Å². The van der Waals surface area contributed by atoms with Gasteiger partial charge in [-0.1, -0.05) is 0 Å². The van der Waals surface area contributed by atoms with Gasteiger partial charge in [-0.3, -0.25) is 9.69 Å². The van der Waals surface area contributed by atoms with Crippen LogP contribution in [-0.2, 0) is 4.74 Å². The molecule has 2 fully saturated rings. The van der Waals surface area contributed by atoms with E-state index in [9.17, 15) is 9.18 Å². The molecule has 23 heavy (non-hydrogen) atoms. The minimum atomic E-state index is -0.376. The van der Waals surface area contributed by atoms with E-state index in [2.05, 4.69) is 20.8 Å². The van der Waals surface area contributed by atoms with Gasteiger partial charge in [0, 0.05) is 37.2 Å². The number of carbonyl (C=O) groups is 1. The molecule has 1 aromatic carbocycles. The van der Waals surface area contributed by atoms with Crippen LogP contribution in [0.1, 0.15) is 23.2 Å². The lowest BCUT2D eigenvalue weighted by Gasteiger charge is -2.36. The average Bonchev–Trinajstić information content (AvgIpc) is 2.58. The maximum Gasteiger partial charge on any atom is 0.255 e. The molecule has 0 saturated carbocycles. The standard InChI is InChI=1S/C17H22BrFN2O2/c18-16-2-1-14(19)11-15(16)17(22)21-5-3-13(4-6-21)12-20-7-9-23-10-8-20/h1-2,11,13H,3-10,12H2. The van der Waals surface area contributed by atoms with Gasteiger partial charge in [-0.05, 0) is 52.9 Å². The predicted octanol–water partition coefficient (Wildman–Crippen LogP) is 2.77. The topological polar surface area (TPSA) is 32.8 Å². The van der Waals surface area contributed by atoms with Gasteiger partial charge in [-0.2, -0.15) is 0 Å². The second kappa shape index (κ2) is 7.73. The number of nitrogens with zero attached hydrogens (tertiary/aromatic N) is 2. The molecule has 1 aromatic rings. The van der Waals surface area contributed by atoms with E-state index in [0.29, 0.717) is 16.0 Å². The van der Waals surface area contributed by atoms with E-state index in [1.165, 1.54) is 12.1 Å².